The van der Waals surface area contributed by atoms with Crippen LogP contribution in [-0.2, 0) is 9.59 Å². The fraction of sp³-hybridized carbons (Fsp3) is 0.294. The molecule has 7 nitrogen and oxygen atoms in total. The SMILES string of the molecule is CCCSc1nc2c(c(=O)[nH]1)[C@H](C(=O)Nc1cccc(Cl)c1)CC(=O)N2. The van der Waals surface area contributed by atoms with Crippen LogP contribution in [0.25, 0.3) is 0 Å². The molecule has 9 heteroatoms. The maximum atomic E-state index is 12.7. The van der Waals surface area contributed by atoms with E-state index in [0.717, 1.165) is 12.2 Å². The van der Waals surface area contributed by atoms with E-state index in [9.17, 15) is 14.4 Å². The Morgan fingerprint density at radius 3 is 2.96 bits per heavy atom. The molecule has 0 aliphatic carbocycles. The van der Waals surface area contributed by atoms with E-state index in [1.54, 1.807) is 24.3 Å². The van der Waals surface area contributed by atoms with Gasteiger partial charge < -0.3 is 15.6 Å². The van der Waals surface area contributed by atoms with Gasteiger partial charge in [0.2, 0.25) is 11.8 Å². The van der Waals surface area contributed by atoms with E-state index in [-0.39, 0.29) is 23.7 Å². The Kier molecular flexibility index (Phi) is 5.63. The summed E-state index contributed by atoms with van der Waals surface area (Å²) in [6.45, 7) is 2.02. The Labute approximate surface area is 158 Å². The summed E-state index contributed by atoms with van der Waals surface area (Å²) in [4.78, 5) is 44.2. The van der Waals surface area contributed by atoms with E-state index in [1.807, 2.05) is 6.92 Å². The van der Waals surface area contributed by atoms with Crippen LogP contribution in [0.1, 0.15) is 31.2 Å². The molecule has 3 N–H and O–H groups in total. The van der Waals surface area contributed by atoms with Crippen LogP contribution in [0, 0.1) is 0 Å². The van der Waals surface area contributed by atoms with Crippen LogP contribution >= 0.6 is 23.4 Å². The first kappa shape index (κ1) is 18.5. The number of aromatic amines is 1. The van der Waals surface area contributed by atoms with E-state index in [2.05, 4.69) is 20.6 Å². The van der Waals surface area contributed by atoms with Crippen molar-refractivity contribution in [2.75, 3.05) is 16.4 Å². The van der Waals surface area contributed by atoms with Crippen molar-refractivity contribution >= 4 is 46.7 Å². The number of aromatic nitrogens is 2. The first-order chi connectivity index (χ1) is 12.5. The largest absolute Gasteiger partial charge is 0.325 e. The summed E-state index contributed by atoms with van der Waals surface area (Å²) in [7, 11) is 0. The summed E-state index contributed by atoms with van der Waals surface area (Å²) < 4.78 is 0. The number of nitrogens with one attached hydrogen (secondary N) is 3. The second kappa shape index (κ2) is 7.92. The maximum absolute atomic E-state index is 12.7. The summed E-state index contributed by atoms with van der Waals surface area (Å²) >= 11 is 7.31. The summed E-state index contributed by atoms with van der Waals surface area (Å²) in [5.41, 5.74) is 0.249. The second-order valence-corrected chi connectivity index (χ2v) is 7.31. The molecule has 3 rings (SSSR count). The lowest BCUT2D eigenvalue weighted by atomic mass is 9.92. The van der Waals surface area contributed by atoms with Crippen molar-refractivity contribution in [3.05, 3.63) is 45.2 Å². The summed E-state index contributed by atoms with van der Waals surface area (Å²) in [6.07, 6.45) is 0.800. The molecule has 2 aromatic rings. The molecule has 26 heavy (non-hydrogen) atoms. The van der Waals surface area contributed by atoms with Crippen molar-refractivity contribution in [1.29, 1.82) is 0 Å². The highest BCUT2D eigenvalue weighted by Crippen LogP contribution is 2.30. The molecule has 1 aliphatic rings. The summed E-state index contributed by atoms with van der Waals surface area (Å²) in [6, 6.07) is 6.66. The Morgan fingerprint density at radius 1 is 1.42 bits per heavy atom. The maximum Gasteiger partial charge on any atom is 0.257 e. The zero-order valence-corrected chi connectivity index (χ0v) is 15.5. The van der Waals surface area contributed by atoms with Crippen LogP contribution in [0.15, 0.2) is 34.2 Å². The minimum atomic E-state index is -0.917. The standard InChI is InChI=1S/C17H17ClN4O3S/c1-2-6-26-17-21-14-13(16(25)22-17)11(8-12(23)20-14)15(24)19-10-5-3-4-9(18)7-10/h3-5,7,11H,2,6,8H2,1H3,(H,19,24)(H2,20,21,22,23,25)/t11-/m1/s1. The van der Waals surface area contributed by atoms with Crippen LogP contribution < -0.4 is 16.2 Å². The zero-order chi connectivity index (χ0) is 18.7. The quantitative estimate of drug-likeness (QED) is 0.536. The van der Waals surface area contributed by atoms with Gasteiger partial charge in [-0.1, -0.05) is 36.4 Å². The second-order valence-electron chi connectivity index (χ2n) is 5.79. The van der Waals surface area contributed by atoms with Crippen molar-refractivity contribution in [1.82, 2.24) is 9.97 Å². The van der Waals surface area contributed by atoms with Crippen molar-refractivity contribution in [3.63, 3.8) is 0 Å². The predicted molar refractivity (Wildman–Crippen MR) is 102 cm³/mol. The highest BCUT2D eigenvalue weighted by Gasteiger charge is 2.34. The van der Waals surface area contributed by atoms with Gasteiger partial charge in [-0.2, -0.15) is 0 Å². The average molecular weight is 393 g/mol. The molecular weight excluding hydrogens is 376 g/mol. The van der Waals surface area contributed by atoms with Gasteiger partial charge in [0.05, 0.1) is 11.5 Å². The molecule has 1 aromatic carbocycles. The third kappa shape index (κ3) is 4.08. The highest BCUT2D eigenvalue weighted by atomic mass is 35.5. The number of halogens is 1. The lowest BCUT2D eigenvalue weighted by Crippen LogP contribution is -2.36. The lowest BCUT2D eigenvalue weighted by molar-refractivity contribution is -0.123. The molecule has 0 bridgehead atoms. The highest BCUT2D eigenvalue weighted by molar-refractivity contribution is 7.99. The average Bonchev–Trinajstić information content (AvgIpc) is 2.58. The number of H-pyrrole nitrogens is 1. The molecule has 1 atom stereocenters. The van der Waals surface area contributed by atoms with Gasteiger partial charge in [0, 0.05) is 22.9 Å². The van der Waals surface area contributed by atoms with Crippen molar-refractivity contribution in [3.8, 4) is 0 Å². The molecule has 2 heterocycles. The van der Waals surface area contributed by atoms with Crippen LogP contribution in [-0.4, -0.2) is 27.5 Å². The number of hydrogen-bond acceptors (Lipinski definition) is 5. The van der Waals surface area contributed by atoms with Crippen molar-refractivity contribution in [2.45, 2.75) is 30.8 Å². The zero-order valence-electron chi connectivity index (χ0n) is 14.0. The third-order valence-electron chi connectivity index (χ3n) is 3.78. The number of amides is 2. The Bertz CT molecular complexity index is 915. The fourth-order valence-corrected chi connectivity index (χ4v) is 3.55. The Hall–Kier alpha value is -2.32. The number of anilines is 2. The minimum absolute atomic E-state index is 0.119. The van der Waals surface area contributed by atoms with Crippen LogP contribution in [0.4, 0.5) is 11.5 Å². The predicted octanol–water partition coefficient (Wildman–Crippen LogP) is 2.99. The van der Waals surface area contributed by atoms with Gasteiger partial charge in [-0.3, -0.25) is 14.4 Å². The molecule has 1 aliphatic heterocycles. The van der Waals surface area contributed by atoms with E-state index in [1.165, 1.54) is 11.8 Å². The molecule has 0 fully saturated rings. The van der Waals surface area contributed by atoms with Gasteiger partial charge in [0.1, 0.15) is 5.82 Å². The number of rotatable bonds is 5. The van der Waals surface area contributed by atoms with E-state index >= 15 is 0 Å². The first-order valence-corrected chi connectivity index (χ1v) is 9.47. The lowest BCUT2D eigenvalue weighted by Gasteiger charge is -2.23. The van der Waals surface area contributed by atoms with Gasteiger partial charge >= 0.3 is 0 Å². The first-order valence-electron chi connectivity index (χ1n) is 8.11. The van der Waals surface area contributed by atoms with Crippen LogP contribution in [0.5, 0.6) is 0 Å². The van der Waals surface area contributed by atoms with E-state index in [0.29, 0.717) is 15.9 Å². The van der Waals surface area contributed by atoms with Crippen molar-refractivity contribution in [2.24, 2.45) is 0 Å². The minimum Gasteiger partial charge on any atom is -0.325 e. The van der Waals surface area contributed by atoms with Crippen LogP contribution in [0.3, 0.4) is 0 Å². The number of carbonyl (C=O) groups excluding carboxylic acids is 2. The molecule has 0 spiro atoms. The van der Waals surface area contributed by atoms with Gasteiger partial charge in [0.15, 0.2) is 5.16 Å². The molecule has 0 unspecified atom stereocenters. The fourth-order valence-electron chi connectivity index (χ4n) is 2.64. The molecule has 0 radical (unpaired) electrons. The number of hydrogen-bond donors (Lipinski definition) is 3. The van der Waals surface area contributed by atoms with Gasteiger partial charge in [-0.25, -0.2) is 4.98 Å². The smallest absolute Gasteiger partial charge is 0.257 e. The van der Waals surface area contributed by atoms with E-state index in [4.69, 9.17) is 11.6 Å². The topological polar surface area (TPSA) is 104 Å². The number of nitrogens with zero attached hydrogens (tertiary/aromatic N) is 1. The normalized spacial score (nSPS) is 15.9. The van der Waals surface area contributed by atoms with Crippen LogP contribution in [0.2, 0.25) is 5.02 Å². The molecule has 0 saturated heterocycles. The number of benzene rings is 1. The van der Waals surface area contributed by atoms with Gasteiger partial charge in [-0.15, -0.1) is 0 Å². The molecular formula is C17H17ClN4O3S. The van der Waals surface area contributed by atoms with Crippen molar-refractivity contribution < 1.29 is 9.59 Å². The summed E-state index contributed by atoms with van der Waals surface area (Å²) in [5.74, 6) is -0.791. The molecule has 136 valence electrons. The summed E-state index contributed by atoms with van der Waals surface area (Å²) in [5, 5.41) is 6.19. The monoisotopic (exact) mass is 392 g/mol. The number of carbonyl (C=O) groups is 2. The molecule has 2 amide bonds. The van der Waals surface area contributed by atoms with E-state index < -0.39 is 17.4 Å². The molecule has 1 aromatic heterocycles. The number of fused-ring (bicyclic) bond motifs is 1. The van der Waals surface area contributed by atoms with Gasteiger partial charge in [0.25, 0.3) is 5.56 Å². The van der Waals surface area contributed by atoms with Gasteiger partial charge in [-0.05, 0) is 24.6 Å². The molecule has 0 saturated carbocycles. The Morgan fingerprint density at radius 2 is 2.23 bits per heavy atom. The Balaban J connectivity index is 1.91. The third-order valence-corrected chi connectivity index (χ3v) is 5.10. The number of thioether (sulfide) groups is 1.